The van der Waals surface area contributed by atoms with Crippen LogP contribution in [0.3, 0.4) is 0 Å². The van der Waals surface area contributed by atoms with Gasteiger partial charge in [-0.1, -0.05) is 13.8 Å². The van der Waals surface area contributed by atoms with Gasteiger partial charge in [-0.3, -0.25) is 4.79 Å². The Morgan fingerprint density at radius 1 is 1.50 bits per heavy atom. The first-order chi connectivity index (χ1) is 7.50. The van der Waals surface area contributed by atoms with Gasteiger partial charge in [0.05, 0.1) is 6.10 Å². The molecule has 0 aliphatic carbocycles. The van der Waals surface area contributed by atoms with E-state index in [-0.39, 0.29) is 18.5 Å². The number of carbonyl (C=O) groups is 1. The summed E-state index contributed by atoms with van der Waals surface area (Å²) in [5.74, 6) is -0.0545. The molecule has 5 nitrogen and oxygen atoms in total. The fourth-order valence-corrected chi connectivity index (χ4v) is 1.57. The highest BCUT2D eigenvalue weighted by Gasteiger charge is 2.32. The van der Waals surface area contributed by atoms with Crippen LogP contribution < -0.4 is 0 Å². The van der Waals surface area contributed by atoms with E-state index < -0.39 is 18.3 Å². The minimum atomic E-state index is -0.972. The van der Waals surface area contributed by atoms with Crippen LogP contribution >= 0.6 is 0 Å². The molecule has 1 saturated heterocycles. The molecule has 0 bridgehead atoms. The van der Waals surface area contributed by atoms with Crippen LogP contribution in [0.2, 0.25) is 0 Å². The first-order valence-electron chi connectivity index (χ1n) is 5.64. The van der Waals surface area contributed by atoms with Crippen molar-refractivity contribution >= 4 is 5.97 Å². The van der Waals surface area contributed by atoms with Crippen molar-refractivity contribution in [1.82, 2.24) is 0 Å². The maximum absolute atomic E-state index is 11.3. The molecule has 3 unspecified atom stereocenters. The summed E-state index contributed by atoms with van der Waals surface area (Å²) in [7, 11) is 0. The maximum atomic E-state index is 11.3. The summed E-state index contributed by atoms with van der Waals surface area (Å²) in [4.78, 5) is 11.3. The molecule has 0 saturated carbocycles. The van der Waals surface area contributed by atoms with E-state index in [1.165, 1.54) is 0 Å². The normalized spacial score (nSPS) is 30.4. The van der Waals surface area contributed by atoms with E-state index in [2.05, 4.69) is 0 Å². The van der Waals surface area contributed by atoms with Gasteiger partial charge in [-0.05, 0) is 12.3 Å². The predicted molar refractivity (Wildman–Crippen MR) is 56.8 cm³/mol. The average Bonchev–Trinajstić information content (AvgIpc) is 2.19. The minimum absolute atomic E-state index is 0.00375. The van der Waals surface area contributed by atoms with Crippen LogP contribution in [0, 0.1) is 5.92 Å². The highest BCUT2D eigenvalue weighted by atomic mass is 16.6. The summed E-state index contributed by atoms with van der Waals surface area (Å²) in [6.07, 6.45) is -1.61. The van der Waals surface area contributed by atoms with Crippen molar-refractivity contribution in [2.75, 3.05) is 13.2 Å². The second kappa shape index (κ2) is 6.18. The Labute approximate surface area is 95.4 Å². The molecule has 0 radical (unpaired) electrons. The first kappa shape index (κ1) is 13.4. The molecule has 16 heavy (non-hydrogen) atoms. The van der Waals surface area contributed by atoms with Gasteiger partial charge in [0.15, 0.2) is 0 Å². The molecular formula is C11H20O5. The molecule has 5 heteroatoms. The summed E-state index contributed by atoms with van der Waals surface area (Å²) in [6, 6.07) is 0. The van der Waals surface area contributed by atoms with Crippen molar-refractivity contribution in [3.63, 3.8) is 0 Å². The number of aliphatic hydroxyl groups excluding tert-OH is 2. The zero-order valence-corrected chi connectivity index (χ0v) is 9.76. The lowest BCUT2D eigenvalue weighted by molar-refractivity contribution is -0.169. The van der Waals surface area contributed by atoms with Crippen LogP contribution in [-0.2, 0) is 14.3 Å². The van der Waals surface area contributed by atoms with Gasteiger partial charge >= 0.3 is 5.97 Å². The van der Waals surface area contributed by atoms with Crippen molar-refractivity contribution in [2.45, 2.75) is 45.0 Å². The Morgan fingerprint density at radius 2 is 2.19 bits per heavy atom. The maximum Gasteiger partial charge on any atom is 0.306 e. The number of hydrogen-bond acceptors (Lipinski definition) is 5. The molecule has 0 aromatic rings. The van der Waals surface area contributed by atoms with Gasteiger partial charge < -0.3 is 19.7 Å². The molecule has 0 aromatic heterocycles. The highest BCUT2D eigenvalue weighted by Crippen LogP contribution is 2.15. The van der Waals surface area contributed by atoms with Gasteiger partial charge in [-0.25, -0.2) is 0 Å². The Balaban J connectivity index is 2.28. The van der Waals surface area contributed by atoms with Crippen molar-refractivity contribution < 1.29 is 24.5 Å². The van der Waals surface area contributed by atoms with Gasteiger partial charge in [0.2, 0.25) is 0 Å². The van der Waals surface area contributed by atoms with Gasteiger partial charge in [-0.2, -0.15) is 0 Å². The fourth-order valence-electron chi connectivity index (χ4n) is 1.57. The number of aliphatic hydroxyl groups is 2. The molecule has 2 N–H and O–H groups in total. The number of rotatable bonds is 4. The second-order valence-electron chi connectivity index (χ2n) is 4.54. The first-order valence-corrected chi connectivity index (χ1v) is 5.64. The van der Waals surface area contributed by atoms with Crippen LogP contribution in [0.5, 0.6) is 0 Å². The molecule has 94 valence electrons. The monoisotopic (exact) mass is 232 g/mol. The van der Waals surface area contributed by atoms with E-state index in [1.807, 2.05) is 13.8 Å². The lowest BCUT2D eigenvalue weighted by atomic mass is 10.0. The van der Waals surface area contributed by atoms with E-state index in [0.717, 1.165) is 0 Å². The molecule has 1 aliphatic rings. The predicted octanol–water partition coefficient (Wildman–Crippen LogP) is 0.0864. The lowest BCUT2D eigenvalue weighted by Gasteiger charge is -2.31. The van der Waals surface area contributed by atoms with Crippen LogP contribution in [0.1, 0.15) is 26.7 Å². The van der Waals surface area contributed by atoms with Crippen molar-refractivity contribution in [3.05, 3.63) is 0 Å². The highest BCUT2D eigenvalue weighted by molar-refractivity contribution is 5.69. The van der Waals surface area contributed by atoms with Gasteiger partial charge in [0, 0.05) is 13.0 Å². The molecule has 0 amide bonds. The van der Waals surface area contributed by atoms with Gasteiger partial charge in [0.1, 0.15) is 18.8 Å². The summed E-state index contributed by atoms with van der Waals surface area (Å²) in [5.41, 5.74) is 0. The zero-order chi connectivity index (χ0) is 12.1. The Bertz CT molecular complexity index is 228. The molecule has 1 fully saturated rings. The summed E-state index contributed by atoms with van der Waals surface area (Å²) < 4.78 is 10.2. The van der Waals surface area contributed by atoms with Gasteiger partial charge in [0.25, 0.3) is 0 Å². The Morgan fingerprint density at radius 3 is 2.81 bits per heavy atom. The topological polar surface area (TPSA) is 76.0 Å². The molecule has 1 rings (SSSR count). The van der Waals surface area contributed by atoms with E-state index in [1.54, 1.807) is 0 Å². The Hall–Kier alpha value is -0.650. The largest absolute Gasteiger partial charge is 0.463 e. The van der Waals surface area contributed by atoms with Crippen molar-refractivity contribution in [1.29, 1.82) is 0 Å². The van der Waals surface area contributed by atoms with Crippen LogP contribution in [0.15, 0.2) is 0 Å². The van der Waals surface area contributed by atoms with Crippen LogP contribution in [0.4, 0.5) is 0 Å². The molecular weight excluding hydrogens is 212 g/mol. The third-order valence-electron chi connectivity index (χ3n) is 2.50. The van der Waals surface area contributed by atoms with Crippen molar-refractivity contribution in [3.8, 4) is 0 Å². The number of hydrogen-bond donors (Lipinski definition) is 2. The Kier molecular flexibility index (Phi) is 5.18. The fraction of sp³-hybridized carbons (Fsp3) is 0.909. The van der Waals surface area contributed by atoms with E-state index in [0.29, 0.717) is 19.4 Å². The molecule has 1 heterocycles. The van der Waals surface area contributed by atoms with E-state index >= 15 is 0 Å². The summed E-state index contributed by atoms with van der Waals surface area (Å²) >= 11 is 0. The average molecular weight is 232 g/mol. The van der Waals surface area contributed by atoms with Crippen LogP contribution in [0.25, 0.3) is 0 Å². The molecule has 3 atom stereocenters. The molecule has 0 spiro atoms. The number of carbonyl (C=O) groups excluding carboxylic acids is 1. The quantitative estimate of drug-likeness (QED) is 0.672. The van der Waals surface area contributed by atoms with Crippen LogP contribution in [-0.4, -0.2) is 47.7 Å². The smallest absolute Gasteiger partial charge is 0.306 e. The summed E-state index contributed by atoms with van der Waals surface area (Å²) in [5, 5.41) is 19.0. The zero-order valence-electron chi connectivity index (χ0n) is 9.76. The molecule has 0 aromatic carbocycles. The van der Waals surface area contributed by atoms with Crippen molar-refractivity contribution in [2.24, 2.45) is 5.92 Å². The second-order valence-corrected chi connectivity index (χ2v) is 4.54. The SMILES string of the molecule is CC(C)CC(=O)OCC1OCCC(O)C1O. The molecule has 1 aliphatic heterocycles. The van der Waals surface area contributed by atoms with E-state index in [4.69, 9.17) is 9.47 Å². The number of esters is 1. The van der Waals surface area contributed by atoms with E-state index in [9.17, 15) is 15.0 Å². The standard InChI is InChI=1S/C11H20O5/c1-7(2)5-10(13)16-6-9-11(14)8(12)3-4-15-9/h7-9,11-12,14H,3-6H2,1-2H3. The third-order valence-corrected chi connectivity index (χ3v) is 2.50. The minimum Gasteiger partial charge on any atom is -0.463 e. The van der Waals surface area contributed by atoms with Gasteiger partial charge in [-0.15, -0.1) is 0 Å². The summed E-state index contributed by atoms with van der Waals surface area (Å²) in [6.45, 7) is 4.24. The third kappa shape index (κ3) is 4.08. The number of ether oxygens (including phenoxy) is 2. The lowest BCUT2D eigenvalue weighted by Crippen LogP contribution is -2.47.